The second-order valence-electron chi connectivity index (χ2n) is 4.99. The van der Waals surface area contributed by atoms with Gasteiger partial charge in [-0.05, 0) is 54.9 Å². The van der Waals surface area contributed by atoms with E-state index in [9.17, 15) is 0 Å². The van der Waals surface area contributed by atoms with Gasteiger partial charge in [0.15, 0.2) is 0 Å². The van der Waals surface area contributed by atoms with E-state index in [-0.39, 0.29) is 0 Å². The molecule has 1 radical (unpaired) electrons. The molecule has 0 fully saturated rings. The second kappa shape index (κ2) is 6.02. The van der Waals surface area contributed by atoms with Crippen LogP contribution in [0, 0.1) is 6.42 Å². The summed E-state index contributed by atoms with van der Waals surface area (Å²) in [6.07, 6.45) is 9.91. The van der Waals surface area contributed by atoms with Crippen molar-refractivity contribution < 1.29 is 19.2 Å². The fourth-order valence-corrected chi connectivity index (χ4v) is 2.61. The topological polar surface area (TPSA) is 0 Å². The number of hydrogen-bond acceptors (Lipinski definition) is 0. The maximum atomic E-state index is 2.40. The summed E-state index contributed by atoms with van der Waals surface area (Å²) in [6, 6.07) is 4.80. The molecule has 0 nitrogen and oxygen atoms in total. The molecule has 0 saturated heterocycles. The van der Waals surface area contributed by atoms with Gasteiger partial charge in [0, 0.05) is 6.42 Å². The van der Waals surface area contributed by atoms with E-state index in [1.165, 1.54) is 42.4 Å². The first-order valence-electron chi connectivity index (χ1n) is 6.52. The third kappa shape index (κ3) is 3.11. The summed E-state index contributed by atoms with van der Waals surface area (Å²) in [6.45, 7) is 2.18. The summed E-state index contributed by atoms with van der Waals surface area (Å²) in [5, 5.41) is 4.50. The molecule has 3 rings (SSSR count). The Morgan fingerprint density at radius 1 is 0.941 bits per heavy atom. The normalized spacial score (nSPS) is 16.3. The van der Waals surface area contributed by atoms with Crippen molar-refractivity contribution in [2.75, 3.05) is 0 Å². The molecular weight excluding hydrogens is 240 g/mol. The summed E-state index contributed by atoms with van der Waals surface area (Å²) >= 11 is 0.500. The van der Waals surface area contributed by atoms with Crippen molar-refractivity contribution in [1.29, 1.82) is 0 Å². The van der Waals surface area contributed by atoms with Crippen LogP contribution in [0.3, 0.4) is 0 Å². The zero-order valence-corrected chi connectivity index (χ0v) is 12.7. The van der Waals surface area contributed by atoms with Gasteiger partial charge in [-0.25, -0.2) is 0 Å². The molecule has 0 saturated carbocycles. The van der Waals surface area contributed by atoms with Crippen LogP contribution in [-0.2, 0) is 32.0 Å². The van der Waals surface area contributed by atoms with Crippen molar-refractivity contribution in [3.05, 3.63) is 46.4 Å². The molecule has 2 aliphatic carbocycles. The van der Waals surface area contributed by atoms with Gasteiger partial charge in [0.05, 0.1) is 0 Å². The van der Waals surface area contributed by atoms with Gasteiger partial charge in [0.2, 0.25) is 0 Å². The molecule has 0 amide bonds. The van der Waals surface area contributed by atoms with Gasteiger partial charge in [-0.3, -0.25) is 0 Å². The molecule has 2 aliphatic rings. The Hall–Kier alpha value is -0.326. The average molecular weight is 261 g/mol. The number of aryl methyl sites for hydroxylation is 2. The molecule has 1 aromatic rings. The molecule has 0 unspecified atom stereocenters. The van der Waals surface area contributed by atoms with Gasteiger partial charge in [0.1, 0.15) is 0 Å². The van der Waals surface area contributed by atoms with Crippen molar-refractivity contribution in [3.8, 4) is 0 Å². The van der Waals surface area contributed by atoms with Crippen LogP contribution in [-0.4, -0.2) is 0 Å². The van der Waals surface area contributed by atoms with Crippen molar-refractivity contribution in [2.45, 2.75) is 43.1 Å². The molecule has 0 aliphatic heterocycles. The predicted molar refractivity (Wildman–Crippen MR) is 71.9 cm³/mol. The Balaban J connectivity index is 0.000000329. The Labute approximate surface area is 114 Å². The summed E-state index contributed by atoms with van der Waals surface area (Å²) in [7, 11) is 0. The van der Waals surface area contributed by atoms with Crippen LogP contribution >= 0.6 is 0 Å². The van der Waals surface area contributed by atoms with Crippen LogP contribution in [0.25, 0.3) is 6.08 Å². The molecule has 1 aromatic carbocycles. The molecular formula is C16H21Ti. The number of fused-ring (bicyclic) bond motifs is 2. The molecule has 0 N–H and O–H groups in total. The molecule has 0 bridgehead atoms. The average Bonchev–Trinajstić information content (AvgIpc) is 2.66. The van der Waals surface area contributed by atoms with Crippen LogP contribution in [0.5, 0.6) is 0 Å². The first-order valence-corrected chi connectivity index (χ1v) is 9.64. The van der Waals surface area contributed by atoms with Crippen molar-refractivity contribution in [2.24, 2.45) is 0 Å². The predicted octanol–water partition coefficient (Wildman–Crippen LogP) is 4.70. The molecule has 17 heavy (non-hydrogen) atoms. The third-order valence-corrected chi connectivity index (χ3v) is 3.31. The van der Waals surface area contributed by atoms with Crippen molar-refractivity contribution in [1.82, 2.24) is 0 Å². The van der Waals surface area contributed by atoms with Crippen LogP contribution in [0.1, 0.15) is 42.0 Å². The van der Waals surface area contributed by atoms with Gasteiger partial charge < -0.3 is 0 Å². The van der Waals surface area contributed by atoms with E-state index in [2.05, 4.69) is 42.0 Å². The van der Waals surface area contributed by atoms with E-state index in [4.69, 9.17) is 0 Å². The zero-order valence-electron chi connectivity index (χ0n) is 11.1. The number of hydrogen-bond donors (Lipinski definition) is 0. The van der Waals surface area contributed by atoms with Crippen LogP contribution < -0.4 is 0 Å². The van der Waals surface area contributed by atoms with Crippen LogP contribution in [0.4, 0.5) is 0 Å². The van der Waals surface area contributed by atoms with Gasteiger partial charge in [-0.2, -0.15) is 0 Å². The first kappa shape index (κ1) is 13.1. The second-order valence-corrected chi connectivity index (χ2v) is 6.55. The Morgan fingerprint density at radius 2 is 1.47 bits per heavy atom. The summed E-state index contributed by atoms with van der Waals surface area (Å²) in [5.74, 6) is 0. The van der Waals surface area contributed by atoms with E-state index in [0.717, 1.165) is 0 Å². The minimum absolute atomic E-state index is 0.500. The van der Waals surface area contributed by atoms with Crippen LogP contribution in [0.15, 0.2) is 17.7 Å². The minimum atomic E-state index is 0.500. The number of benzene rings is 1. The fourth-order valence-electron chi connectivity index (χ4n) is 2.61. The molecule has 89 valence electrons. The number of rotatable bonds is 0. The molecule has 0 spiro atoms. The quantitative estimate of drug-likeness (QED) is 0.594. The van der Waals surface area contributed by atoms with E-state index >= 15 is 0 Å². The number of allylic oxidation sites excluding steroid dienone is 1. The molecule has 1 heteroatoms. The van der Waals surface area contributed by atoms with E-state index in [0.29, 0.717) is 19.2 Å². The van der Waals surface area contributed by atoms with Crippen molar-refractivity contribution >= 4 is 6.08 Å². The van der Waals surface area contributed by atoms with E-state index in [1.807, 2.05) is 0 Å². The van der Waals surface area contributed by atoms with Crippen LogP contribution in [0.2, 0.25) is 10.5 Å². The molecule has 0 heterocycles. The Kier molecular flexibility index (Phi) is 4.65. The molecule has 0 atom stereocenters. The first-order chi connectivity index (χ1) is 8.24. The Morgan fingerprint density at radius 3 is 2.06 bits per heavy atom. The van der Waals surface area contributed by atoms with Gasteiger partial charge in [-0.1, -0.05) is 23.8 Å². The third-order valence-electron chi connectivity index (χ3n) is 3.31. The van der Waals surface area contributed by atoms with E-state index in [1.54, 1.807) is 11.1 Å². The summed E-state index contributed by atoms with van der Waals surface area (Å²) in [5.41, 5.74) is 7.44. The fraction of sp³-hybridized carbons (Fsp3) is 0.438. The van der Waals surface area contributed by atoms with Crippen molar-refractivity contribution in [3.63, 3.8) is 0 Å². The van der Waals surface area contributed by atoms with Gasteiger partial charge >= 0.3 is 29.6 Å². The van der Waals surface area contributed by atoms with E-state index < -0.39 is 0 Å². The molecule has 0 aromatic heterocycles. The van der Waals surface area contributed by atoms with Gasteiger partial charge in [0.25, 0.3) is 0 Å². The maximum absolute atomic E-state index is 2.40. The van der Waals surface area contributed by atoms with Gasteiger partial charge in [-0.15, -0.1) is 0 Å². The monoisotopic (exact) mass is 261 g/mol. The summed E-state index contributed by atoms with van der Waals surface area (Å²) in [4.78, 5) is 0. The standard InChI is InChI=1S/C14H15.2CH3.Ti/c1-10-6-13-8-11-4-2-3-5-12(11)9-14(13)7-10;;;/h6-9H,2-5H2,1H3;2*1H3;. The zero-order chi connectivity index (χ0) is 12.3. The summed E-state index contributed by atoms with van der Waals surface area (Å²) < 4.78 is 0. The SMILES string of the molecule is CC1=Cc2cc3c(cc2[CH]1)CCCC3.[CH3][Ti][CH3]. The Bertz CT molecular complexity index is 429.